The Morgan fingerprint density at radius 3 is 1.93 bits per heavy atom. The number of hydrogen-bond acceptors (Lipinski definition) is 1. The number of fused-ring (bicyclic) bond motifs is 1. The molecule has 1 heteroatoms. The van der Waals surface area contributed by atoms with E-state index in [1.165, 1.54) is 38.6 Å². The Bertz CT molecular complexity index is 1290. The van der Waals surface area contributed by atoms with E-state index >= 15 is 0 Å². The SMILES string of the molecule is Cc1ccc(-c2ccccc2Nc2ccc(-c3cccc4ccccc34)cc2)cc1. The van der Waals surface area contributed by atoms with Crippen LogP contribution in [0.5, 0.6) is 0 Å². The molecule has 5 rings (SSSR count). The molecule has 0 aliphatic heterocycles. The third-order valence-corrected chi connectivity index (χ3v) is 5.55. The predicted octanol–water partition coefficient (Wildman–Crippen LogP) is 8.23. The molecule has 1 N–H and O–H groups in total. The fourth-order valence-corrected chi connectivity index (χ4v) is 3.94. The number of anilines is 2. The summed E-state index contributed by atoms with van der Waals surface area (Å²) in [5.74, 6) is 0. The molecule has 0 unspecified atom stereocenters. The summed E-state index contributed by atoms with van der Waals surface area (Å²) in [5, 5.41) is 6.15. The lowest BCUT2D eigenvalue weighted by atomic mass is 9.98. The van der Waals surface area contributed by atoms with Gasteiger partial charge in [0.2, 0.25) is 0 Å². The zero-order chi connectivity index (χ0) is 20.3. The van der Waals surface area contributed by atoms with E-state index in [0.29, 0.717) is 0 Å². The van der Waals surface area contributed by atoms with Crippen LogP contribution in [-0.2, 0) is 0 Å². The van der Waals surface area contributed by atoms with Gasteiger partial charge in [0, 0.05) is 16.9 Å². The molecule has 0 bridgehead atoms. The number of rotatable bonds is 4. The van der Waals surface area contributed by atoms with Gasteiger partial charge in [-0.3, -0.25) is 0 Å². The van der Waals surface area contributed by atoms with Gasteiger partial charge in [-0.05, 0) is 52.6 Å². The van der Waals surface area contributed by atoms with E-state index in [0.717, 1.165) is 11.4 Å². The van der Waals surface area contributed by atoms with Crippen molar-refractivity contribution >= 4 is 22.1 Å². The van der Waals surface area contributed by atoms with Crippen molar-refractivity contribution in [1.82, 2.24) is 0 Å². The third-order valence-electron chi connectivity index (χ3n) is 5.55. The monoisotopic (exact) mass is 385 g/mol. The van der Waals surface area contributed by atoms with Crippen LogP contribution < -0.4 is 5.32 Å². The Labute approximate surface area is 177 Å². The van der Waals surface area contributed by atoms with Crippen LogP contribution >= 0.6 is 0 Å². The van der Waals surface area contributed by atoms with Crippen molar-refractivity contribution in [2.45, 2.75) is 6.92 Å². The lowest BCUT2D eigenvalue weighted by Crippen LogP contribution is -1.93. The molecule has 0 heterocycles. The largest absolute Gasteiger partial charge is 0.355 e. The van der Waals surface area contributed by atoms with E-state index in [-0.39, 0.29) is 0 Å². The van der Waals surface area contributed by atoms with Gasteiger partial charge in [-0.15, -0.1) is 0 Å². The van der Waals surface area contributed by atoms with E-state index < -0.39 is 0 Å². The normalized spacial score (nSPS) is 10.8. The molecule has 0 atom stereocenters. The zero-order valence-electron chi connectivity index (χ0n) is 17.0. The van der Waals surface area contributed by atoms with Crippen LogP contribution in [0.25, 0.3) is 33.0 Å². The first-order valence-corrected chi connectivity index (χ1v) is 10.3. The Balaban J connectivity index is 1.46. The molecule has 0 aliphatic rings. The van der Waals surface area contributed by atoms with Crippen molar-refractivity contribution < 1.29 is 0 Å². The van der Waals surface area contributed by atoms with Crippen LogP contribution in [0.1, 0.15) is 5.56 Å². The molecule has 0 fully saturated rings. The molecule has 0 radical (unpaired) electrons. The minimum Gasteiger partial charge on any atom is -0.355 e. The van der Waals surface area contributed by atoms with Crippen molar-refractivity contribution in [2.24, 2.45) is 0 Å². The van der Waals surface area contributed by atoms with Crippen LogP contribution in [0.2, 0.25) is 0 Å². The Hall–Kier alpha value is -3.84. The molecule has 0 aliphatic carbocycles. The lowest BCUT2D eigenvalue weighted by molar-refractivity contribution is 1.46. The number of hydrogen-bond donors (Lipinski definition) is 1. The van der Waals surface area contributed by atoms with Crippen molar-refractivity contribution in [3.8, 4) is 22.3 Å². The highest BCUT2D eigenvalue weighted by Gasteiger charge is 2.07. The first-order chi connectivity index (χ1) is 14.8. The fourth-order valence-electron chi connectivity index (χ4n) is 3.94. The van der Waals surface area contributed by atoms with Gasteiger partial charge in [0.05, 0.1) is 0 Å². The molecule has 1 nitrogen and oxygen atoms in total. The van der Waals surface area contributed by atoms with Gasteiger partial charge in [-0.25, -0.2) is 0 Å². The van der Waals surface area contributed by atoms with Crippen LogP contribution in [0, 0.1) is 6.92 Å². The summed E-state index contributed by atoms with van der Waals surface area (Å²) in [6, 6.07) is 40.9. The summed E-state index contributed by atoms with van der Waals surface area (Å²) in [4.78, 5) is 0. The smallest absolute Gasteiger partial charge is 0.0463 e. The minimum atomic E-state index is 1.08. The summed E-state index contributed by atoms with van der Waals surface area (Å²) in [7, 11) is 0. The van der Waals surface area contributed by atoms with Gasteiger partial charge in [0.1, 0.15) is 0 Å². The van der Waals surface area contributed by atoms with Crippen LogP contribution in [0.3, 0.4) is 0 Å². The quantitative estimate of drug-likeness (QED) is 0.328. The summed E-state index contributed by atoms with van der Waals surface area (Å²) in [6.45, 7) is 2.12. The summed E-state index contributed by atoms with van der Waals surface area (Å²) in [6.07, 6.45) is 0. The Morgan fingerprint density at radius 1 is 0.500 bits per heavy atom. The van der Waals surface area contributed by atoms with Gasteiger partial charge < -0.3 is 5.32 Å². The van der Waals surface area contributed by atoms with Crippen LogP contribution in [0.4, 0.5) is 11.4 Å². The zero-order valence-corrected chi connectivity index (χ0v) is 17.0. The molecule has 5 aromatic rings. The molecule has 30 heavy (non-hydrogen) atoms. The molecule has 5 aromatic carbocycles. The van der Waals surface area contributed by atoms with Gasteiger partial charge in [-0.2, -0.15) is 0 Å². The van der Waals surface area contributed by atoms with Gasteiger partial charge in [0.15, 0.2) is 0 Å². The number of para-hydroxylation sites is 1. The second-order valence-corrected chi connectivity index (χ2v) is 7.64. The summed E-state index contributed by atoms with van der Waals surface area (Å²) < 4.78 is 0. The standard InChI is InChI=1S/C29H23N/c1-21-13-15-24(16-14-21)28-10-4-5-12-29(28)30-25-19-17-23(18-20-25)27-11-6-8-22-7-2-3-9-26(22)27/h2-20,30H,1H3. The molecule has 0 amide bonds. The predicted molar refractivity (Wildman–Crippen MR) is 129 cm³/mol. The third kappa shape index (κ3) is 3.58. The van der Waals surface area contributed by atoms with Gasteiger partial charge >= 0.3 is 0 Å². The van der Waals surface area contributed by atoms with Gasteiger partial charge in [0.25, 0.3) is 0 Å². The second-order valence-electron chi connectivity index (χ2n) is 7.64. The Morgan fingerprint density at radius 2 is 1.10 bits per heavy atom. The topological polar surface area (TPSA) is 12.0 Å². The molecule has 0 spiro atoms. The first kappa shape index (κ1) is 18.2. The Kier molecular flexibility index (Phi) is 4.78. The van der Waals surface area contributed by atoms with Crippen molar-refractivity contribution in [2.75, 3.05) is 5.32 Å². The van der Waals surface area contributed by atoms with Crippen molar-refractivity contribution in [3.05, 3.63) is 121 Å². The van der Waals surface area contributed by atoms with E-state index in [9.17, 15) is 0 Å². The molecule has 0 aromatic heterocycles. The number of aryl methyl sites for hydroxylation is 1. The van der Waals surface area contributed by atoms with Crippen molar-refractivity contribution in [1.29, 1.82) is 0 Å². The molecule has 0 saturated carbocycles. The van der Waals surface area contributed by atoms with Crippen LogP contribution in [-0.4, -0.2) is 0 Å². The molecular weight excluding hydrogens is 362 g/mol. The van der Waals surface area contributed by atoms with Crippen molar-refractivity contribution in [3.63, 3.8) is 0 Å². The maximum atomic E-state index is 3.60. The fraction of sp³-hybridized carbons (Fsp3) is 0.0345. The molecular formula is C29H23N. The lowest BCUT2D eigenvalue weighted by Gasteiger charge is -2.13. The van der Waals surface area contributed by atoms with E-state index in [1.54, 1.807) is 0 Å². The molecule has 0 saturated heterocycles. The highest BCUT2D eigenvalue weighted by molar-refractivity contribution is 5.96. The average molecular weight is 386 g/mol. The average Bonchev–Trinajstić information content (AvgIpc) is 2.80. The van der Waals surface area contributed by atoms with Gasteiger partial charge in [-0.1, -0.05) is 103 Å². The number of nitrogens with one attached hydrogen (secondary N) is 1. The highest BCUT2D eigenvalue weighted by atomic mass is 14.9. The summed E-state index contributed by atoms with van der Waals surface area (Å²) >= 11 is 0. The van der Waals surface area contributed by atoms with E-state index in [2.05, 4.69) is 128 Å². The number of benzene rings is 5. The maximum Gasteiger partial charge on any atom is 0.0463 e. The van der Waals surface area contributed by atoms with E-state index in [1.807, 2.05) is 0 Å². The maximum absolute atomic E-state index is 3.60. The van der Waals surface area contributed by atoms with Crippen LogP contribution in [0.15, 0.2) is 115 Å². The molecule has 144 valence electrons. The summed E-state index contributed by atoms with van der Waals surface area (Å²) in [5.41, 5.74) is 8.38. The minimum absolute atomic E-state index is 1.08. The van der Waals surface area contributed by atoms with E-state index in [4.69, 9.17) is 0 Å². The first-order valence-electron chi connectivity index (χ1n) is 10.3. The highest BCUT2D eigenvalue weighted by Crippen LogP contribution is 2.32. The second kappa shape index (κ2) is 7.88.